The Labute approximate surface area is 125 Å². The molecule has 0 radical (unpaired) electrons. The molecule has 0 spiro atoms. The smallest absolute Gasteiger partial charge is 0.255 e. The van der Waals surface area contributed by atoms with E-state index in [1.807, 2.05) is 5.32 Å². The fourth-order valence-corrected chi connectivity index (χ4v) is 2.09. The van der Waals surface area contributed by atoms with Gasteiger partial charge >= 0.3 is 0 Å². The van der Waals surface area contributed by atoms with E-state index < -0.39 is 43.2 Å². The van der Waals surface area contributed by atoms with E-state index in [1.165, 1.54) is 0 Å². The van der Waals surface area contributed by atoms with Gasteiger partial charge in [-0.1, -0.05) is 0 Å². The van der Waals surface area contributed by atoms with Gasteiger partial charge in [-0.3, -0.25) is 9.59 Å². The quantitative estimate of drug-likeness (QED) is 0.595. The highest BCUT2D eigenvalue weighted by atomic mass is 35.5. The van der Waals surface area contributed by atoms with Crippen LogP contribution in [0.3, 0.4) is 0 Å². The van der Waals surface area contributed by atoms with E-state index in [1.54, 1.807) is 0 Å². The Morgan fingerprint density at radius 3 is 2.14 bits per heavy atom. The van der Waals surface area contributed by atoms with Gasteiger partial charge in [0.2, 0.25) is 11.8 Å². The zero-order valence-corrected chi connectivity index (χ0v) is 12.0. The first-order valence-electron chi connectivity index (χ1n) is 6.18. The average Bonchev–Trinajstić information content (AvgIpc) is 2.83. The summed E-state index contributed by atoms with van der Waals surface area (Å²) in [7, 11) is 0. The summed E-state index contributed by atoms with van der Waals surface area (Å²) in [4.78, 5) is 23.5. The van der Waals surface area contributed by atoms with Gasteiger partial charge in [0.15, 0.2) is 0 Å². The SMILES string of the molecule is Cl.O=C(CC1(C(=O)NCC(F)F)CCNC1)NCC(F)F. The van der Waals surface area contributed by atoms with Crippen LogP contribution < -0.4 is 16.0 Å². The van der Waals surface area contributed by atoms with Gasteiger partial charge in [0, 0.05) is 13.0 Å². The summed E-state index contributed by atoms with van der Waals surface area (Å²) < 4.78 is 48.1. The van der Waals surface area contributed by atoms with Gasteiger partial charge in [0.1, 0.15) is 0 Å². The first-order chi connectivity index (χ1) is 9.35. The van der Waals surface area contributed by atoms with Gasteiger partial charge in [0.05, 0.1) is 18.5 Å². The number of amides is 2. The maximum absolute atomic E-state index is 12.1. The molecule has 0 aromatic rings. The third-order valence-electron chi connectivity index (χ3n) is 3.09. The molecular weight excluding hydrogens is 318 g/mol. The van der Waals surface area contributed by atoms with Crippen molar-refractivity contribution < 1.29 is 27.2 Å². The maximum atomic E-state index is 12.1. The molecule has 0 aromatic heterocycles. The van der Waals surface area contributed by atoms with Crippen LogP contribution in [-0.4, -0.2) is 50.8 Å². The highest BCUT2D eigenvalue weighted by Crippen LogP contribution is 2.30. The molecule has 1 unspecified atom stereocenters. The van der Waals surface area contributed by atoms with Crippen LogP contribution in [0.15, 0.2) is 0 Å². The third kappa shape index (κ3) is 6.47. The number of alkyl halides is 4. The maximum Gasteiger partial charge on any atom is 0.255 e. The molecule has 10 heteroatoms. The Morgan fingerprint density at radius 2 is 1.67 bits per heavy atom. The summed E-state index contributed by atoms with van der Waals surface area (Å²) in [6, 6.07) is 0. The van der Waals surface area contributed by atoms with Crippen molar-refractivity contribution in [3.8, 4) is 0 Å². The molecule has 1 aliphatic heterocycles. The lowest BCUT2D eigenvalue weighted by atomic mass is 9.82. The van der Waals surface area contributed by atoms with Crippen LogP contribution in [0.2, 0.25) is 0 Å². The van der Waals surface area contributed by atoms with Crippen molar-refractivity contribution in [2.75, 3.05) is 26.2 Å². The number of nitrogens with one attached hydrogen (secondary N) is 3. The van der Waals surface area contributed by atoms with Crippen molar-refractivity contribution in [3.05, 3.63) is 0 Å². The number of hydrogen-bond acceptors (Lipinski definition) is 3. The second-order valence-electron chi connectivity index (χ2n) is 4.68. The van der Waals surface area contributed by atoms with Gasteiger partial charge in [0.25, 0.3) is 12.9 Å². The van der Waals surface area contributed by atoms with E-state index in [9.17, 15) is 27.2 Å². The lowest BCUT2D eigenvalue weighted by Crippen LogP contribution is -2.47. The summed E-state index contributed by atoms with van der Waals surface area (Å²) >= 11 is 0. The Balaban J connectivity index is 0.00000400. The van der Waals surface area contributed by atoms with Crippen molar-refractivity contribution >= 4 is 24.2 Å². The molecule has 1 atom stereocenters. The summed E-state index contributed by atoms with van der Waals surface area (Å²) in [5.41, 5.74) is -1.15. The fraction of sp³-hybridized carbons (Fsp3) is 0.818. The molecule has 1 heterocycles. The molecule has 0 saturated carbocycles. The number of hydrogen-bond donors (Lipinski definition) is 3. The first kappa shape index (κ1) is 19.9. The number of carbonyl (C=O) groups is 2. The van der Waals surface area contributed by atoms with E-state index in [0.717, 1.165) is 0 Å². The summed E-state index contributed by atoms with van der Waals surface area (Å²) in [6.07, 6.45) is -5.37. The van der Waals surface area contributed by atoms with Gasteiger partial charge in [-0.15, -0.1) is 12.4 Å². The lowest BCUT2D eigenvalue weighted by Gasteiger charge is -2.26. The summed E-state index contributed by atoms with van der Waals surface area (Å²) in [5.74, 6) is -1.35. The predicted molar refractivity (Wildman–Crippen MR) is 69.8 cm³/mol. The van der Waals surface area contributed by atoms with Crippen molar-refractivity contribution in [2.24, 2.45) is 5.41 Å². The first-order valence-corrected chi connectivity index (χ1v) is 6.18. The molecule has 2 amide bonds. The van der Waals surface area contributed by atoms with Crippen molar-refractivity contribution in [3.63, 3.8) is 0 Å². The van der Waals surface area contributed by atoms with Gasteiger partial charge in [-0.2, -0.15) is 0 Å². The Kier molecular flexibility index (Phi) is 8.57. The van der Waals surface area contributed by atoms with E-state index in [2.05, 4.69) is 10.6 Å². The number of halogens is 5. The molecule has 1 saturated heterocycles. The van der Waals surface area contributed by atoms with Crippen molar-refractivity contribution in [1.29, 1.82) is 0 Å². The van der Waals surface area contributed by atoms with Gasteiger partial charge in [-0.25, -0.2) is 17.6 Å². The highest BCUT2D eigenvalue weighted by molar-refractivity contribution is 5.89. The molecule has 3 N–H and O–H groups in total. The molecule has 0 bridgehead atoms. The van der Waals surface area contributed by atoms with Crippen molar-refractivity contribution in [1.82, 2.24) is 16.0 Å². The fourth-order valence-electron chi connectivity index (χ4n) is 2.09. The Morgan fingerprint density at radius 1 is 1.10 bits per heavy atom. The molecule has 1 rings (SSSR count). The molecule has 1 fully saturated rings. The van der Waals surface area contributed by atoms with Crippen LogP contribution in [0.5, 0.6) is 0 Å². The van der Waals surface area contributed by atoms with Crippen LogP contribution in [0, 0.1) is 5.41 Å². The molecule has 5 nitrogen and oxygen atoms in total. The summed E-state index contributed by atoms with van der Waals surface area (Å²) in [6.45, 7) is -0.964. The summed E-state index contributed by atoms with van der Waals surface area (Å²) in [5, 5.41) is 6.96. The van der Waals surface area contributed by atoms with Gasteiger partial charge < -0.3 is 16.0 Å². The Bertz CT molecular complexity index is 352. The molecule has 0 aliphatic carbocycles. The Hall–Kier alpha value is -1.09. The average molecular weight is 336 g/mol. The van der Waals surface area contributed by atoms with E-state index in [4.69, 9.17) is 0 Å². The van der Waals surface area contributed by atoms with Crippen LogP contribution in [0.1, 0.15) is 12.8 Å². The minimum atomic E-state index is -2.68. The van der Waals surface area contributed by atoms with Crippen LogP contribution in [-0.2, 0) is 9.59 Å². The van der Waals surface area contributed by atoms with E-state index in [-0.39, 0.29) is 25.4 Å². The molecule has 124 valence electrons. The predicted octanol–water partition coefficient (Wildman–Crippen LogP) is 0.541. The standard InChI is InChI=1S/C11H17F4N3O2.ClH/c12-7(13)4-17-9(19)3-11(1-2-16-6-11)10(20)18-5-8(14)15;/h7-8,16H,1-6H2,(H,17,19)(H,18,20);1H. The van der Waals surface area contributed by atoms with Crippen LogP contribution >= 0.6 is 12.4 Å². The number of rotatable bonds is 7. The second-order valence-corrected chi connectivity index (χ2v) is 4.68. The van der Waals surface area contributed by atoms with E-state index >= 15 is 0 Å². The highest BCUT2D eigenvalue weighted by Gasteiger charge is 2.43. The molecule has 0 aromatic carbocycles. The number of carbonyl (C=O) groups excluding carboxylic acids is 2. The molecule has 21 heavy (non-hydrogen) atoms. The minimum absolute atomic E-state index is 0. The largest absolute Gasteiger partial charge is 0.350 e. The second kappa shape index (κ2) is 9.04. The minimum Gasteiger partial charge on any atom is -0.350 e. The monoisotopic (exact) mass is 335 g/mol. The van der Waals surface area contributed by atoms with Crippen molar-refractivity contribution in [2.45, 2.75) is 25.7 Å². The van der Waals surface area contributed by atoms with E-state index in [0.29, 0.717) is 13.0 Å². The molecular formula is C11H18ClF4N3O2. The van der Waals surface area contributed by atoms with Gasteiger partial charge in [-0.05, 0) is 13.0 Å². The zero-order chi connectivity index (χ0) is 15.2. The molecule has 1 aliphatic rings. The zero-order valence-electron chi connectivity index (χ0n) is 11.1. The van der Waals surface area contributed by atoms with Crippen LogP contribution in [0.25, 0.3) is 0 Å². The normalized spacial score (nSPS) is 21.2. The van der Waals surface area contributed by atoms with Crippen LogP contribution in [0.4, 0.5) is 17.6 Å². The topological polar surface area (TPSA) is 70.2 Å². The third-order valence-corrected chi connectivity index (χ3v) is 3.09. The lowest BCUT2D eigenvalue weighted by molar-refractivity contribution is -0.136.